The molecular formula is C9H15N5O2. The third-order valence-electron chi connectivity index (χ3n) is 1.76. The van der Waals surface area contributed by atoms with E-state index in [1.165, 1.54) is 6.20 Å². The maximum Gasteiger partial charge on any atom is 0.273 e. The van der Waals surface area contributed by atoms with Gasteiger partial charge in [0, 0.05) is 6.54 Å². The van der Waals surface area contributed by atoms with Gasteiger partial charge in [0.2, 0.25) is 5.91 Å². The van der Waals surface area contributed by atoms with E-state index in [-0.39, 0.29) is 18.1 Å². The van der Waals surface area contributed by atoms with Crippen LogP contribution < -0.4 is 10.6 Å². The molecule has 0 radical (unpaired) electrons. The minimum absolute atomic E-state index is 0.0571. The van der Waals surface area contributed by atoms with E-state index in [2.05, 4.69) is 26.0 Å². The van der Waals surface area contributed by atoms with Crippen molar-refractivity contribution in [3.05, 3.63) is 11.9 Å². The van der Waals surface area contributed by atoms with Crippen LogP contribution in [0.15, 0.2) is 6.20 Å². The van der Waals surface area contributed by atoms with Crippen LogP contribution in [0.3, 0.4) is 0 Å². The molecule has 7 nitrogen and oxygen atoms in total. The quantitative estimate of drug-likeness (QED) is 0.617. The molecule has 0 bridgehead atoms. The number of hydrogen-bond donors (Lipinski definition) is 3. The Bertz CT molecular complexity index is 347. The van der Waals surface area contributed by atoms with Crippen molar-refractivity contribution < 1.29 is 9.59 Å². The van der Waals surface area contributed by atoms with Crippen molar-refractivity contribution in [1.82, 2.24) is 26.0 Å². The molecule has 16 heavy (non-hydrogen) atoms. The summed E-state index contributed by atoms with van der Waals surface area (Å²) in [5.74, 6) is -0.255. The van der Waals surface area contributed by atoms with E-state index in [0.29, 0.717) is 12.5 Å². The molecule has 1 rings (SSSR count). The fraction of sp³-hybridized carbons (Fsp3) is 0.556. The van der Waals surface area contributed by atoms with Gasteiger partial charge in [-0.1, -0.05) is 13.8 Å². The molecule has 0 aliphatic heterocycles. The lowest BCUT2D eigenvalue weighted by Crippen LogP contribution is -2.38. The minimum Gasteiger partial charge on any atom is -0.354 e. The molecule has 0 spiro atoms. The number of rotatable bonds is 5. The van der Waals surface area contributed by atoms with Crippen molar-refractivity contribution in [3.63, 3.8) is 0 Å². The molecule has 0 fully saturated rings. The molecule has 0 saturated heterocycles. The maximum atomic E-state index is 11.3. The first-order chi connectivity index (χ1) is 7.59. The predicted molar refractivity (Wildman–Crippen MR) is 56.6 cm³/mol. The molecule has 0 unspecified atom stereocenters. The first kappa shape index (κ1) is 12.2. The highest BCUT2D eigenvalue weighted by Crippen LogP contribution is 1.88. The van der Waals surface area contributed by atoms with Crippen molar-refractivity contribution in [2.75, 3.05) is 13.1 Å². The van der Waals surface area contributed by atoms with Crippen molar-refractivity contribution >= 4 is 11.8 Å². The van der Waals surface area contributed by atoms with Gasteiger partial charge in [-0.05, 0) is 5.92 Å². The monoisotopic (exact) mass is 225 g/mol. The van der Waals surface area contributed by atoms with Crippen LogP contribution in [-0.2, 0) is 4.79 Å². The summed E-state index contributed by atoms with van der Waals surface area (Å²) < 4.78 is 0. The number of hydrogen-bond acceptors (Lipinski definition) is 4. The van der Waals surface area contributed by atoms with Gasteiger partial charge in [0.15, 0.2) is 5.69 Å². The summed E-state index contributed by atoms with van der Waals surface area (Å²) in [4.78, 5) is 22.6. The number of aromatic amines is 1. The molecule has 3 N–H and O–H groups in total. The standard InChI is InChI=1S/C9H15N5O2/c1-6(2)3-10-8(15)5-11-9(16)7-4-12-14-13-7/h4,6H,3,5H2,1-2H3,(H,10,15)(H,11,16)(H,12,13,14). The van der Waals surface area contributed by atoms with Crippen LogP contribution in [0.1, 0.15) is 24.3 Å². The van der Waals surface area contributed by atoms with Crippen LogP contribution in [0.25, 0.3) is 0 Å². The van der Waals surface area contributed by atoms with Crippen LogP contribution in [0, 0.1) is 5.92 Å². The number of aromatic nitrogens is 3. The Hall–Kier alpha value is -1.92. The molecule has 2 amide bonds. The van der Waals surface area contributed by atoms with E-state index in [1.54, 1.807) is 0 Å². The molecule has 88 valence electrons. The number of carbonyl (C=O) groups is 2. The number of nitrogens with one attached hydrogen (secondary N) is 3. The molecule has 1 aromatic heterocycles. The van der Waals surface area contributed by atoms with E-state index in [4.69, 9.17) is 0 Å². The third kappa shape index (κ3) is 4.07. The Kier molecular flexibility index (Phi) is 4.43. The second-order valence-electron chi connectivity index (χ2n) is 3.74. The van der Waals surface area contributed by atoms with Crippen molar-refractivity contribution in [1.29, 1.82) is 0 Å². The molecule has 0 aliphatic rings. The number of nitrogens with zero attached hydrogens (tertiary/aromatic N) is 2. The highest BCUT2D eigenvalue weighted by atomic mass is 16.2. The van der Waals surface area contributed by atoms with E-state index in [1.807, 2.05) is 13.8 Å². The summed E-state index contributed by atoms with van der Waals surface area (Å²) in [5.41, 5.74) is 0.164. The Morgan fingerprint density at radius 2 is 2.19 bits per heavy atom. The summed E-state index contributed by atoms with van der Waals surface area (Å²) in [7, 11) is 0. The highest BCUT2D eigenvalue weighted by molar-refractivity contribution is 5.94. The fourth-order valence-corrected chi connectivity index (χ4v) is 0.943. The fourth-order valence-electron chi connectivity index (χ4n) is 0.943. The largest absolute Gasteiger partial charge is 0.354 e. The third-order valence-corrected chi connectivity index (χ3v) is 1.76. The van der Waals surface area contributed by atoms with Gasteiger partial charge in [-0.25, -0.2) is 0 Å². The zero-order valence-electron chi connectivity index (χ0n) is 9.28. The number of carbonyl (C=O) groups excluding carboxylic acids is 2. The van der Waals surface area contributed by atoms with Gasteiger partial charge < -0.3 is 10.6 Å². The molecule has 0 aliphatic carbocycles. The lowest BCUT2D eigenvalue weighted by molar-refractivity contribution is -0.120. The highest BCUT2D eigenvalue weighted by Gasteiger charge is 2.09. The van der Waals surface area contributed by atoms with E-state index in [9.17, 15) is 9.59 Å². The van der Waals surface area contributed by atoms with Crippen LogP contribution in [-0.4, -0.2) is 40.3 Å². The number of amides is 2. The summed E-state index contributed by atoms with van der Waals surface area (Å²) >= 11 is 0. The van der Waals surface area contributed by atoms with Crippen molar-refractivity contribution in [2.45, 2.75) is 13.8 Å². The average Bonchev–Trinajstić information content (AvgIpc) is 2.76. The van der Waals surface area contributed by atoms with Gasteiger partial charge in [-0.2, -0.15) is 15.4 Å². The number of H-pyrrole nitrogens is 1. The van der Waals surface area contributed by atoms with Gasteiger partial charge in [0.1, 0.15) is 0 Å². The molecule has 1 aromatic rings. The molecule has 7 heteroatoms. The van der Waals surface area contributed by atoms with E-state index in [0.717, 1.165) is 0 Å². The van der Waals surface area contributed by atoms with Crippen LogP contribution >= 0.6 is 0 Å². The zero-order chi connectivity index (χ0) is 12.0. The molecule has 0 saturated carbocycles. The van der Waals surface area contributed by atoms with Crippen molar-refractivity contribution in [3.8, 4) is 0 Å². The first-order valence-corrected chi connectivity index (χ1v) is 5.00. The topological polar surface area (TPSA) is 99.8 Å². The van der Waals surface area contributed by atoms with E-state index >= 15 is 0 Å². The summed E-state index contributed by atoms with van der Waals surface area (Å²) in [6.45, 7) is 4.53. The van der Waals surface area contributed by atoms with Gasteiger partial charge in [-0.15, -0.1) is 0 Å². The predicted octanol–water partition coefficient (Wildman–Crippen LogP) is -0.693. The van der Waals surface area contributed by atoms with Crippen LogP contribution in [0.2, 0.25) is 0 Å². The summed E-state index contributed by atoms with van der Waals surface area (Å²) in [5, 5.41) is 14.5. The zero-order valence-corrected chi connectivity index (χ0v) is 9.28. The lowest BCUT2D eigenvalue weighted by Gasteiger charge is -2.07. The van der Waals surface area contributed by atoms with Gasteiger partial charge >= 0.3 is 0 Å². The smallest absolute Gasteiger partial charge is 0.273 e. The Morgan fingerprint density at radius 3 is 2.75 bits per heavy atom. The summed E-state index contributed by atoms with van der Waals surface area (Å²) in [6, 6.07) is 0. The second-order valence-corrected chi connectivity index (χ2v) is 3.74. The van der Waals surface area contributed by atoms with E-state index < -0.39 is 5.91 Å². The Balaban J connectivity index is 2.24. The molecule has 0 atom stereocenters. The van der Waals surface area contributed by atoms with Gasteiger partial charge in [0.05, 0.1) is 12.7 Å². The lowest BCUT2D eigenvalue weighted by atomic mass is 10.2. The van der Waals surface area contributed by atoms with Gasteiger partial charge in [0.25, 0.3) is 5.91 Å². The van der Waals surface area contributed by atoms with Crippen LogP contribution in [0.4, 0.5) is 0 Å². The SMILES string of the molecule is CC(C)CNC(=O)CNC(=O)c1cn[nH]n1. The first-order valence-electron chi connectivity index (χ1n) is 5.00. The second kappa shape index (κ2) is 5.84. The Morgan fingerprint density at radius 1 is 1.44 bits per heavy atom. The molecule has 1 heterocycles. The summed E-state index contributed by atoms with van der Waals surface area (Å²) in [6.07, 6.45) is 1.29. The van der Waals surface area contributed by atoms with Crippen LogP contribution in [0.5, 0.6) is 0 Å². The van der Waals surface area contributed by atoms with Gasteiger partial charge in [-0.3, -0.25) is 9.59 Å². The normalized spacial score (nSPS) is 10.2. The Labute approximate surface area is 93.0 Å². The molecule has 0 aromatic carbocycles. The minimum atomic E-state index is -0.423. The average molecular weight is 225 g/mol. The van der Waals surface area contributed by atoms with Crippen molar-refractivity contribution in [2.24, 2.45) is 5.92 Å². The molecular weight excluding hydrogens is 210 g/mol. The maximum absolute atomic E-state index is 11.3.